The number of aryl methyl sites for hydroxylation is 2. The van der Waals surface area contributed by atoms with Gasteiger partial charge in [0.1, 0.15) is 11.6 Å². The number of hydrogen-bond acceptors (Lipinski definition) is 3. The first-order valence-corrected chi connectivity index (χ1v) is 10.4. The van der Waals surface area contributed by atoms with E-state index in [4.69, 9.17) is 4.74 Å². The van der Waals surface area contributed by atoms with Crippen molar-refractivity contribution in [3.05, 3.63) is 59.4 Å². The van der Waals surface area contributed by atoms with Gasteiger partial charge in [-0.05, 0) is 49.1 Å². The number of guanidine groups is 1. The van der Waals surface area contributed by atoms with Crippen LogP contribution < -0.4 is 15.4 Å². The number of nitrogens with one attached hydrogen (secondary N) is 2. The molecule has 0 fully saturated rings. The molecule has 152 valence electrons. The molecule has 4 rings (SSSR count). The van der Waals surface area contributed by atoms with Crippen molar-refractivity contribution in [3.63, 3.8) is 0 Å². The third-order valence-corrected chi connectivity index (χ3v) is 5.38. The van der Waals surface area contributed by atoms with Crippen LogP contribution in [0.4, 0.5) is 0 Å². The lowest BCUT2D eigenvalue weighted by Crippen LogP contribution is -2.39. The number of fused-ring (bicyclic) bond motifs is 2. The Hall–Kier alpha value is -3.02. The molecule has 2 heterocycles. The number of hydrogen-bond donors (Lipinski definition) is 2. The molecule has 0 aliphatic carbocycles. The summed E-state index contributed by atoms with van der Waals surface area (Å²) in [6, 6.07) is 14.8. The Balaban J connectivity index is 1.21. The molecule has 6 nitrogen and oxygen atoms in total. The molecular formula is C23H29N5O. The van der Waals surface area contributed by atoms with Crippen molar-refractivity contribution in [2.24, 2.45) is 4.99 Å². The van der Waals surface area contributed by atoms with Gasteiger partial charge in [0.05, 0.1) is 17.6 Å². The van der Waals surface area contributed by atoms with Crippen LogP contribution in [0.1, 0.15) is 23.4 Å². The highest BCUT2D eigenvalue weighted by Gasteiger charge is 2.12. The number of aliphatic imine (C=N–C) groups is 1. The first-order valence-electron chi connectivity index (χ1n) is 10.4. The fourth-order valence-corrected chi connectivity index (χ4v) is 3.86. The number of aromatic nitrogens is 2. The molecule has 0 saturated heterocycles. The van der Waals surface area contributed by atoms with Crippen LogP contribution in [-0.4, -0.2) is 42.3 Å². The van der Waals surface area contributed by atoms with Crippen LogP contribution in [0, 0.1) is 6.92 Å². The highest BCUT2D eigenvalue weighted by atomic mass is 16.5. The van der Waals surface area contributed by atoms with Gasteiger partial charge in [0.25, 0.3) is 0 Å². The second-order valence-corrected chi connectivity index (χ2v) is 7.37. The minimum atomic E-state index is 0.808. The maximum Gasteiger partial charge on any atom is 0.190 e. The van der Waals surface area contributed by atoms with Crippen LogP contribution >= 0.6 is 0 Å². The van der Waals surface area contributed by atoms with Gasteiger partial charge in [-0.2, -0.15) is 0 Å². The van der Waals surface area contributed by atoms with Crippen molar-refractivity contribution < 1.29 is 4.74 Å². The lowest BCUT2D eigenvalue weighted by Gasteiger charge is -2.13. The second kappa shape index (κ2) is 8.99. The predicted molar refractivity (Wildman–Crippen MR) is 118 cm³/mol. The van der Waals surface area contributed by atoms with Crippen LogP contribution in [0.25, 0.3) is 11.0 Å². The molecule has 0 saturated carbocycles. The van der Waals surface area contributed by atoms with Gasteiger partial charge in [0, 0.05) is 33.1 Å². The van der Waals surface area contributed by atoms with E-state index < -0.39 is 0 Å². The second-order valence-electron chi connectivity index (χ2n) is 7.37. The fraction of sp³-hybridized carbons (Fsp3) is 0.391. The highest BCUT2D eigenvalue weighted by Crippen LogP contribution is 2.25. The zero-order valence-corrected chi connectivity index (χ0v) is 17.2. The largest absolute Gasteiger partial charge is 0.493 e. The van der Waals surface area contributed by atoms with Gasteiger partial charge in [-0.1, -0.05) is 24.3 Å². The monoisotopic (exact) mass is 391 g/mol. The molecule has 6 heteroatoms. The Morgan fingerprint density at radius 1 is 1.17 bits per heavy atom. The van der Waals surface area contributed by atoms with Crippen LogP contribution in [0.2, 0.25) is 0 Å². The van der Waals surface area contributed by atoms with Crippen molar-refractivity contribution in [2.75, 3.05) is 26.7 Å². The molecule has 1 aliphatic heterocycles. The molecule has 3 aromatic rings. The van der Waals surface area contributed by atoms with Gasteiger partial charge in [-0.3, -0.25) is 4.99 Å². The summed E-state index contributed by atoms with van der Waals surface area (Å²) < 4.78 is 7.86. The lowest BCUT2D eigenvalue weighted by atomic mass is 10.1. The van der Waals surface area contributed by atoms with E-state index in [1.54, 1.807) is 0 Å². The number of imidazole rings is 1. The average molecular weight is 392 g/mol. The van der Waals surface area contributed by atoms with Crippen LogP contribution in [0.3, 0.4) is 0 Å². The van der Waals surface area contributed by atoms with E-state index in [0.29, 0.717) is 0 Å². The predicted octanol–water partition coefficient (Wildman–Crippen LogP) is 3.08. The van der Waals surface area contributed by atoms with Gasteiger partial charge in [-0.15, -0.1) is 0 Å². The molecule has 0 radical (unpaired) electrons. The number of para-hydroxylation sites is 2. The topological polar surface area (TPSA) is 63.5 Å². The van der Waals surface area contributed by atoms with Gasteiger partial charge in [0.2, 0.25) is 0 Å². The van der Waals surface area contributed by atoms with E-state index in [1.165, 1.54) is 16.6 Å². The molecule has 1 aromatic heterocycles. The summed E-state index contributed by atoms with van der Waals surface area (Å²) in [5.41, 5.74) is 4.92. The fourth-order valence-electron chi connectivity index (χ4n) is 3.86. The molecule has 1 aliphatic rings. The SMILES string of the molecule is CN=C(NCCCn1c(C)nc2ccccc21)NCCc1ccc2c(c1)CCO2. The van der Waals surface area contributed by atoms with E-state index in [9.17, 15) is 0 Å². The molecule has 0 unspecified atom stereocenters. The molecule has 0 atom stereocenters. The van der Waals surface area contributed by atoms with Crippen LogP contribution in [-0.2, 0) is 19.4 Å². The third-order valence-electron chi connectivity index (χ3n) is 5.38. The summed E-state index contributed by atoms with van der Waals surface area (Å²) in [5, 5.41) is 6.82. The summed E-state index contributed by atoms with van der Waals surface area (Å²) in [5.74, 6) is 2.95. The van der Waals surface area contributed by atoms with Crippen molar-refractivity contribution in [3.8, 4) is 5.75 Å². The standard InChI is InChI=1S/C23H29N5O/c1-17-27-20-6-3-4-7-21(20)28(17)14-5-12-25-23(24-2)26-13-10-18-8-9-22-19(16-18)11-15-29-22/h3-4,6-9,16H,5,10-15H2,1-2H3,(H2,24,25,26). The van der Waals surface area contributed by atoms with E-state index in [2.05, 4.69) is 68.5 Å². The molecule has 0 spiro atoms. The van der Waals surface area contributed by atoms with E-state index >= 15 is 0 Å². The van der Waals surface area contributed by atoms with E-state index in [-0.39, 0.29) is 0 Å². The van der Waals surface area contributed by atoms with E-state index in [0.717, 1.165) is 68.6 Å². The summed E-state index contributed by atoms with van der Waals surface area (Å²) in [6.07, 6.45) is 2.99. The maximum absolute atomic E-state index is 5.58. The lowest BCUT2D eigenvalue weighted by molar-refractivity contribution is 0.357. The number of benzene rings is 2. The first kappa shape index (κ1) is 19.3. The van der Waals surface area contributed by atoms with Gasteiger partial charge < -0.3 is 19.9 Å². The average Bonchev–Trinajstić information content (AvgIpc) is 3.33. The summed E-state index contributed by atoms with van der Waals surface area (Å²) >= 11 is 0. The first-order chi connectivity index (χ1) is 14.2. The minimum absolute atomic E-state index is 0.808. The number of nitrogens with zero attached hydrogens (tertiary/aromatic N) is 3. The summed E-state index contributed by atoms with van der Waals surface area (Å²) in [6.45, 7) is 5.53. The number of rotatable bonds is 7. The summed E-state index contributed by atoms with van der Waals surface area (Å²) in [7, 11) is 1.82. The minimum Gasteiger partial charge on any atom is -0.493 e. The van der Waals surface area contributed by atoms with Crippen LogP contribution in [0.5, 0.6) is 5.75 Å². The van der Waals surface area contributed by atoms with Gasteiger partial charge in [0.15, 0.2) is 5.96 Å². The quantitative estimate of drug-likeness (QED) is 0.369. The smallest absolute Gasteiger partial charge is 0.190 e. The normalized spacial score (nSPS) is 13.4. The van der Waals surface area contributed by atoms with Crippen LogP contribution in [0.15, 0.2) is 47.5 Å². The van der Waals surface area contributed by atoms with Gasteiger partial charge in [-0.25, -0.2) is 4.98 Å². The molecule has 2 N–H and O–H groups in total. The maximum atomic E-state index is 5.58. The Bertz CT molecular complexity index is 1010. The molecule has 0 amide bonds. The Morgan fingerprint density at radius 3 is 2.93 bits per heavy atom. The third kappa shape index (κ3) is 4.53. The highest BCUT2D eigenvalue weighted by molar-refractivity contribution is 5.79. The molecule has 0 bridgehead atoms. The number of ether oxygens (including phenoxy) is 1. The van der Waals surface area contributed by atoms with Gasteiger partial charge >= 0.3 is 0 Å². The molecule has 2 aromatic carbocycles. The van der Waals surface area contributed by atoms with Crippen molar-refractivity contribution in [2.45, 2.75) is 32.7 Å². The molecular weight excluding hydrogens is 362 g/mol. The molecule has 29 heavy (non-hydrogen) atoms. The zero-order valence-electron chi connectivity index (χ0n) is 17.2. The Kier molecular flexibility index (Phi) is 5.98. The zero-order chi connectivity index (χ0) is 20.1. The van der Waals surface area contributed by atoms with E-state index in [1.807, 2.05) is 13.1 Å². The Morgan fingerprint density at radius 2 is 2.03 bits per heavy atom. The van der Waals surface area contributed by atoms with Crippen molar-refractivity contribution in [1.29, 1.82) is 0 Å². The summed E-state index contributed by atoms with van der Waals surface area (Å²) in [4.78, 5) is 8.97. The van der Waals surface area contributed by atoms with Crippen molar-refractivity contribution in [1.82, 2.24) is 20.2 Å². The Labute approximate surface area is 172 Å². The van der Waals surface area contributed by atoms with Crippen molar-refractivity contribution >= 4 is 17.0 Å².